The van der Waals surface area contributed by atoms with Crippen LogP contribution in [0.4, 0.5) is 5.13 Å². The molecule has 2 heterocycles. The van der Waals surface area contributed by atoms with Crippen molar-refractivity contribution in [3.05, 3.63) is 11.1 Å². The summed E-state index contributed by atoms with van der Waals surface area (Å²) in [6.07, 6.45) is -0.598. The minimum atomic E-state index is -0.598. The SMILES string of the molecule is CC(=NO)c1csc(NC(=O)C2COCCO2)n1. The van der Waals surface area contributed by atoms with Crippen molar-refractivity contribution in [3.8, 4) is 0 Å². The number of oxime groups is 1. The Balaban J connectivity index is 1.96. The predicted molar refractivity (Wildman–Crippen MR) is 65.3 cm³/mol. The fourth-order valence-electron chi connectivity index (χ4n) is 1.37. The van der Waals surface area contributed by atoms with E-state index >= 15 is 0 Å². The number of aromatic nitrogens is 1. The van der Waals surface area contributed by atoms with Gasteiger partial charge in [0.25, 0.3) is 5.91 Å². The summed E-state index contributed by atoms with van der Waals surface area (Å²) in [7, 11) is 0. The van der Waals surface area contributed by atoms with Gasteiger partial charge in [-0.3, -0.25) is 10.1 Å². The minimum Gasteiger partial charge on any atom is -0.411 e. The van der Waals surface area contributed by atoms with E-state index in [9.17, 15) is 4.79 Å². The van der Waals surface area contributed by atoms with Gasteiger partial charge in [-0.15, -0.1) is 11.3 Å². The molecule has 0 aromatic carbocycles. The monoisotopic (exact) mass is 271 g/mol. The van der Waals surface area contributed by atoms with Gasteiger partial charge in [-0.05, 0) is 6.92 Å². The van der Waals surface area contributed by atoms with Gasteiger partial charge in [-0.25, -0.2) is 4.98 Å². The molecule has 1 aliphatic rings. The van der Waals surface area contributed by atoms with Crippen LogP contribution >= 0.6 is 11.3 Å². The lowest BCUT2D eigenvalue weighted by Crippen LogP contribution is -2.39. The number of nitrogens with zero attached hydrogens (tertiary/aromatic N) is 2. The van der Waals surface area contributed by atoms with Crippen molar-refractivity contribution < 1.29 is 19.5 Å². The first-order valence-corrected chi connectivity index (χ1v) is 6.23. The molecule has 0 saturated carbocycles. The number of carbonyl (C=O) groups is 1. The van der Waals surface area contributed by atoms with E-state index < -0.39 is 6.10 Å². The van der Waals surface area contributed by atoms with Crippen LogP contribution in [0.3, 0.4) is 0 Å². The van der Waals surface area contributed by atoms with Gasteiger partial charge >= 0.3 is 0 Å². The molecule has 0 bridgehead atoms. The van der Waals surface area contributed by atoms with Gasteiger partial charge in [0, 0.05) is 5.38 Å². The standard InChI is InChI=1S/C10H13N3O4S/c1-6(13-15)7-5-18-10(11-7)12-9(14)8-4-16-2-3-17-8/h5,8,15H,2-4H2,1H3,(H,11,12,14). The van der Waals surface area contributed by atoms with Crippen molar-refractivity contribution >= 4 is 28.1 Å². The van der Waals surface area contributed by atoms with Crippen molar-refractivity contribution in [2.24, 2.45) is 5.16 Å². The minimum absolute atomic E-state index is 0.251. The first kappa shape index (κ1) is 12.9. The molecule has 98 valence electrons. The highest BCUT2D eigenvalue weighted by molar-refractivity contribution is 7.14. The average molecular weight is 271 g/mol. The van der Waals surface area contributed by atoms with E-state index in [0.717, 1.165) is 0 Å². The van der Waals surface area contributed by atoms with Gasteiger partial charge in [0.1, 0.15) is 11.4 Å². The Hall–Kier alpha value is -1.51. The van der Waals surface area contributed by atoms with Crippen molar-refractivity contribution in [2.45, 2.75) is 13.0 Å². The highest BCUT2D eigenvalue weighted by atomic mass is 32.1. The molecule has 1 aromatic heterocycles. The van der Waals surface area contributed by atoms with Gasteiger partial charge < -0.3 is 14.7 Å². The molecule has 1 amide bonds. The van der Waals surface area contributed by atoms with E-state index in [2.05, 4.69) is 15.5 Å². The molecular weight excluding hydrogens is 258 g/mol. The van der Waals surface area contributed by atoms with Crippen LogP contribution in [0.5, 0.6) is 0 Å². The molecule has 0 aliphatic carbocycles. The number of hydrogen-bond donors (Lipinski definition) is 2. The molecule has 1 fully saturated rings. The van der Waals surface area contributed by atoms with E-state index in [4.69, 9.17) is 14.7 Å². The Labute approximate surface area is 107 Å². The van der Waals surface area contributed by atoms with Gasteiger partial charge in [-0.1, -0.05) is 5.16 Å². The maximum atomic E-state index is 11.8. The second kappa shape index (κ2) is 5.89. The molecule has 7 nitrogen and oxygen atoms in total. The van der Waals surface area contributed by atoms with E-state index in [1.165, 1.54) is 11.3 Å². The van der Waals surface area contributed by atoms with Gasteiger partial charge in [-0.2, -0.15) is 0 Å². The lowest BCUT2D eigenvalue weighted by atomic mass is 10.3. The number of carbonyl (C=O) groups excluding carboxylic acids is 1. The second-order valence-corrected chi connectivity index (χ2v) is 4.51. The first-order chi connectivity index (χ1) is 8.70. The van der Waals surface area contributed by atoms with Crippen LogP contribution in [0.15, 0.2) is 10.5 Å². The summed E-state index contributed by atoms with van der Waals surface area (Å²) in [6, 6.07) is 0. The number of nitrogens with one attached hydrogen (secondary N) is 1. The van der Waals surface area contributed by atoms with Crippen molar-refractivity contribution in [3.63, 3.8) is 0 Å². The molecule has 0 spiro atoms. The van der Waals surface area contributed by atoms with Gasteiger partial charge in [0.15, 0.2) is 11.2 Å². The second-order valence-electron chi connectivity index (χ2n) is 3.65. The largest absolute Gasteiger partial charge is 0.411 e. The summed E-state index contributed by atoms with van der Waals surface area (Å²) in [6.45, 7) is 2.80. The predicted octanol–water partition coefficient (Wildman–Crippen LogP) is 0.695. The molecular formula is C10H13N3O4S. The van der Waals surface area contributed by atoms with Crippen molar-refractivity contribution in [2.75, 3.05) is 25.1 Å². The zero-order valence-corrected chi connectivity index (χ0v) is 10.6. The van der Waals surface area contributed by atoms with Crippen LogP contribution in [0.2, 0.25) is 0 Å². The molecule has 1 saturated heterocycles. The summed E-state index contributed by atoms with van der Waals surface area (Å²) in [5.74, 6) is -0.283. The van der Waals surface area contributed by atoms with Crippen LogP contribution < -0.4 is 5.32 Å². The smallest absolute Gasteiger partial charge is 0.257 e. The van der Waals surface area contributed by atoms with Crippen molar-refractivity contribution in [1.82, 2.24) is 4.98 Å². The van der Waals surface area contributed by atoms with Crippen molar-refractivity contribution in [1.29, 1.82) is 0 Å². The third-order valence-corrected chi connectivity index (χ3v) is 3.12. The molecule has 2 rings (SSSR count). The normalized spacial score (nSPS) is 20.7. The Kier molecular flexibility index (Phi) is 4.24. The fourth-order valence-corrected chi connectivity index (χ4v) is 2.13. The van der Waals surface area contributed by atoms with Crippen LogP contribution in [0.1, 0.15) is 12.6 Å². The number of anilines is 1. The van der Waals surface area contributed by atoms with E-state index in [-0.39, 0.29) is 12.5 Å². The van der Waals surface area contributed by atoms with E-state index in [1.54, 1.807) is 12.3 Å². The number of rotatable bonds is 3. The molecule has 1 aromatic rings. The van der Waals surface area contributed by atoms with Gasteiger partial charge in [0.2, 0.25) is 0 Å². The summed E-state index contributed by atoms with van der Waals surface area (Å²) in [5.41, 5.74) is 0.919. The Bertz CT molecular complexity index is 454. The maximum absolute atomic E-state index is 11.8. The lowest BCUT2D eigenvalue weighted by Gasteiger charge is -2.21. The van der Waals surface area contributed by atoms with E-state index in [0.29, 0.717) is 29.8 Å². The van der Waals surface area contributed by atoms with Crippen LogP contribution in [0, 0.1) is 0 Å². The molecule has 0 radical (unpaired) electrons. The zero-order valence-electron chi connectivity index (χ0n) is 9.75. The Morgan fingerprint density at radius 2 is 2.50 bits per heavy atom. The number of hydrogen-bond acceptors (Lipinski definition) is 7. The highest BCUT2D eigenvalue weighted by Crippen LogP contribution is 2.17. The van der Waals surface area contributed by atoms with Gasteiger partial charge in [0.05, 0.1) is 19.8 Å². The molecule has 2 N–H and O–H groups in total. The lowest BCUT2D eigenvalue weighted by molar-refractivity contribution is -0.142. The summed E-state index contributed by atoms with van der Waals surface area (Å²) >= 11 is 1.25. The molecule has 1 aliphatic heterocycles. The first-order valence-electron chi connectivity index (χ1n) is 5.35. The Morgan fingerprint density at radius 3 is 3.17 bits per heavy atom. The summed E-state index contributed by atoms with van der Waals surface area (Å²) in [5, 5.41) is 16.4. The molecule has 8 heteroatoms. The quantitative estimate of drug-likeness (QED) is 0.479. The number of thiazole rings is 1. The molecule has 18 heavy (non-hydrogen) atoms. The Morgan fingerprint density at radius 1 is 1.67 bits per heavy atom. The molecule has 1 unspecified atom stereocenters. The van der Waals surface area contributed by atoms with E-state index in [1.807, 2.05) is 0 Å². The van der Waals surface area contributed by atoms with Crippen LogP contribution in [0.25, 0.3) is 0 Å². The third kappa shape index (κ3) is 3.03. The molecule has 1 atom stereocenters. The average Bonchev–Trinajstić information content (AvgIpc) is 2.87. The fraction of sp³-hybridized carbons (Fsp3) is 0.500. The van der Waals surface area contributed by atoms with Crippen LogP contribution in [-0.4, -0.2) is 47.7 Å². The zero-order chi connectivity index (χ0) is 13.0. The highest BCUT2D eigenvalue weighted by Gasteiger charge is 2.23. The number of ether oxygens (including phenoxy) is 2. The number of amides is 1. The summed E-state index contributed by atoms with van der Waals surface area (Å²) in [4.78, 5) is 15.9. The maximum Gasteiger partial charge on any atom is 0.257 e. The summed E-state index contributed by atoms with van der Waals surface area (Å²) < 4.78 is 10.4. The topological polar surface area (TPSA) is 93.0 Å². The third-order valence-electron chi connectivity index (χ3n) is 2.36. The van der Waals surface area contributed by atoms with Crippen LogP contribution in [-0.2, 0) is 14.3 Å².